The number of likely N-dealkylation sites (tertiary alicyclic amines) is 1. The summed E-state index contributed by atoms with van der Waals surface area (Å²) in [6.07, 6.45) is 9.93. The number of rotatable bonds is 8. The van der Waals surface area contributed by atoms with E-state index < -0.39 is 0 Å². The zero-order valence-electron chi connectivity index (χ0n) is 19.5. The molecule has 4 rings (SSSR count). The summed E-state index contributed by atoms with van der Waals surface area (Å²) in [6.45, 7) is 7.15. The van der Waals surface area contributed by atoms with Gasteiger partial charge < -0.3 is 19.5 Å². The van der Waals surface area contributed by atoms with Gasteiger partial charge in [-0.05, 0) is 63.4 Å². The summed E-state index contributed by atoms with van der Waals surface area (Å²) < 4.78 is 7.42. The molecule has 1 unspecified atom stereocenters. The lowest BCUT2D eigenvalue weighted by Crippen LogP contribution is -2.35. The van der Waals surface area contributed by atoms with Gasteiger partial charge in [-0.3, -0.25) is 9.59 Å². The summed E-state index contributed by atoms with van der Waals surface area (Å²) in [4.78, 5) is 28.0. The van der Waals surface area contributed by atoms with Crippen LogP contribution in [0.3, 0.4) is 0 Å². The van der Waals surface area contributed by atoms with Gasteiger partial charge in [0.1, 0.15) is 0 Å². The molecule has 1 aliphatic heterocycles. The van der Waals surface area contributed by atoms with Crippen molar-refractivity contribution >= 4 is 11.8 Å². The lowest BCUT2D eigenvalue weighted by Gasteiger charge is -2.38. The maximum absolute atomic E-state index is 13.6. The van der Waals surface area contributed by atoms with Crippen LogP contribution in [0.2, 0.25) is 0 Å². The molecule has 1 aromatic heterocycles. The standard InChI is InChI=1S/C25H39N3O3/c1-18-15-22(19(2)28(18)13-14-31-3)24(30)27-16-20(7-10-23(29)26-21-8-9-21)25(17-27)11-5-4-6-12-25/h15,20-21H,4-14,16-17H2,1-3H3,(H,26,29). The Morgan fingerprint density at radius 1 is 1.19 bits per heavy atom. The van der Waals surface area contributed by atoms with E-state index in [1.165, 1.54) is 32.1 Å². The van der Waals surface area contributed by atoms with Crippen molar-refractivity contribution in [3.8, 4) is 0 Å². The molecule has 3 fully saturated rings. The van der Waals surface area contributed by atoms with Gasteiger partial charge in [-0.1, -0.05) is 19.3 Å². The van der Waals surface area contributed by atoms with Crippen molar-refractivity contribution < 1.29 is 14.3 Å². The largest absolute Gasteiger partial charge is 0.383 e. The molecule has 2 amide bonds. The van der Waals surface area contributed by atoms with Crippen LogP contribution in [0.15, 0.2) is 6.07 Å². The highest BCUT2D eigenvalue weighted by molar-refractivity contribution is 5.96. The first-order valence-corrected chi connectivity index (χ1v) is 12.2. The second kappa shape index (κ2) is 9.35. The Kier molecular flexibility index (Phi) is 6.75. The van der Waals surface area contributed by atoms with Gasteiger partial charge >= 0.3 is 0 Å². The van der Waals surface area contributed by atoms with Crippen LogP contribution in [0.5, 0.6) is 0 Å². The summed E-state index contributed by atoms with van der Waals surface area (Å²) in [5.41, 5.74) is 3.17. The van der Waals surface area contributed by atoms with E-state index in [2.05, 4.69) is 21.7 Å². The molecule has 172 valence electrons. The molecule has 1 N–H and O–H groups in total. The molecule has 6 heteroatoms. The van der Waals surface area contributed by atoms with E-state index in [1.54, 1.807) is 7.11 Å². The highest BCUT2D eigenvalue weighted by Gasteiger charge is 2.48. The summed E-state index contributed by atoms with van der Waals surface area (Å²) in [5, 5.41) is 3.13. The number of nitrogens with one attached hydrogen (secondary N) is 1. The molecule has 2 saturated carbocycles. The third-order valence-electron chi connectivity index (χ3n) is 7.93. The van der Waals surface area contributed by atoms with Crippen LogP contribution in [-0.2, 0) is 16.1 Å². The number of hydrogen-bond acceptors (Lipinski definition) is 3. The normalized spacial score (nSPS) is 22.8. The Morgan fingerprint density at radius 2 is 1.94 bits per heavy atom. The molecule has 1 atom stereocenters. The molecule has 1 saturated heterocycles. The smallest absolute Gasteiger partial charge is 0.255 e. The third-order valence-corrected chi connectivity index (χ3v) is 7.93. The van der Waals surface area contributed by atoms with Crippen LogP contribution in [0.1, 0.15) is 79.5 Å². The molecule has 1 spiro atoms. The minimum absolute atomic E-state index is 0.159. The number of hydrogen-bond donors (Lipinski definition) is 1. The average Bonchev–Trinajstić information content (AvgIpc) is 3.44. The number of carbonyl (C=O) groups excluding carboxylic acids is 2. The third kappa shape index (κ3) is 4.84. The van der Waals surface area contributed by atoms with Crippen molar-refractivity contribution in [2.75, 3.05) is 26.8 Å². The van der Waals surface area contributed by atoms with Crippen molar-refractivity contribution in [2.24, 2.45) is 11.3 Å². The number of amides is 2. The second-order valence-electron chi connectivity index (χ2n) is 10.1. The predicted molar refractivity (Wildman–Crippen MR) is 121 cm³/mol. The van der Waals surface area contributed by atoms with Gasteiger partial charge in [-0.15, -0.1) is 0 Å². The fourth-order valence-corrected chi connectivity index (χ4v) is 5.96. The van der Waals surface area contributed by atoms with E-state index in [9.17, 15) is 9.59 Å². The molecule has 6 nitrogen and oxygen atoms in total. The molecule has 31 heavy (non-hydrogen) atoms. The fraction of sp³-hybridized carbons (Fsp3) is 0.760. The quantitative estimate of drug-likeness (QED) is 0.683. The molecular weight excluding hydrogens is 390 g/mol. The molecule has 0 bridgehead atoms. The van der Waals surface area contributed by atoms with Crippen LogP contribution < -0.4 is 5.32 Å². The number of carbonyl (C=O) groups is 2. The molecule has 2 heterocycles. The molecule has 1 aromatic rings. The van der Waals surface area contributed by atoms with Crippen LogP contribution in [-0.4, -0.2) is 54.1 Å². The van der Waals surface area contributed by atoms with Crippen molar-refractivity contribution in [3.63, 3.8) is 0 Å². The Balaban J connectivity index is 1.47. The Morgan fingerprint density at radius 3 is 2.61 bits per heavy atom. The average molecular weight is 430 g/mol. The first-order valence-electron chi connectivity index (χ1n) is 12.2. The first kappa shape index (κ1) is 22.4. The van der Waals surface area contributed by atoms with E-state index >= 15 is 0 Å². The summed E-state index contributed by atoms with van der Waals surface area (Å²) in [7, 11) is 1.71. The SMILES string of the molecule is COCCn1c(C)cc(C(=O)N2CC(CCC(=O)NC3CC3)C3(CCCCC3)C2)c1C. The summed E-state index contributed by atoms with van der Waals surface area (Å²) in [5.74, 6) is 0.783. The van der Waals surface area contributed by atoms with Gasteiger partial charge in [0.2, 0.25) is 5.91 Å². The number of methoxy groups -OCH3 is 1. The fourth-order valence-electron chi connectivity index (χ4n) is 5.96. The van der Waals surface area contributed by atoms with Gasteiger partial charge in [0.15, 0.2) is 0 Å². The monoisotopic (exact) mass is 429 g/mol. The lowest BCUT2D eigenvalue weighted by atomic mass is 9.66. The molecule has 0 aromatic carbocycles. The van der Waals surface area contributed by atoms with Crippen LogP contribution in [0.4, 0.5) is 0 Å². The second-order valence-corrected chi connectivity index (χ2v) is 10.1. The maximum Gasteiger partial charge on any atom is 0.255 e. The van der Waals surface area contributed by atoms with E-state index in [0.717, 1.165) is 55.8 Å². The summed E-state index contributed by atoms with van der Waals surface area (Å²) >= 11 is 0. The minimum atomic E-state index is 0.159. The van der Waals surface area contributed by atoms with Crippen LogP contribution >= 0.6 is 0 Å². The Labute approximate surface area is 186 Å². The maximum atomic E-state index is 13.6. The highest BCUT2D eigenvalue weighted by atomic mass is 16.5. The molecule has 2 aliphatic carbocycles. The van der Waals surface area contributed by atoms with Gasteiger partial charge in [0, 0.05) is 50.6 Å². The number of aryl methyl sites for hydroxylation is 1. The van der Waals surface area contributed by atoms with E-state index in [-0.39, 0.29) is 17.2 Å². The van der Waals surface area contributed by atoms with Crippen molar-refractivity contribution in [1.29, 1.82) is 0 Å². The van der Waals surface area contributed by atoms with Gasteiger partial charge in [-0.2, -0.15) is 0 Å². The molecule has 0 radical (unpaired) electrons. The number of aromatic nitrogens is 1. The Hall–Kier alpha value is -1.82. The lowest BCUT2D eigenvalue weighted by molar-refractivity contribution is -0.121. The van der Waals surface area contributed by atoms with Crippen LogP contribution in [0.25, 0.3) is 0 Å². The highest BCUT2D eigenvalue weighted by Crippen LogP contribution is 2.49. The van der Waals surface area contributed by atoms with Gasteiger partial charge in [-0.25, -0.2) is 0 Å². The predicted octanol–water partition coefficient (Wildman–Crippen LogP) is 3.83. The van der Waals surface area contributed by atoms with Gasteiger partial charge in [0.05, 0.1) is 12.2 Å². The Bertz CT molecular complexity index is 805. The number of ether oxygens (including phenoxy) is 1. The van der Waals surface area contributed by atoms with E-state index in [0.29, 0.717) is 25.0 Å². The minimum Gasteiger partial charge on any atom is -0.383 e. The zero-order chi connectivity index (χ0) is 22.0. The summed E-state index contributed by atoms with van der Waals surface area (Å²) in [6, 6.07) is 2.46. The zero-order valence-corrected chi connectivity index (χ0v) is 19.5. The van der Waals surface area contributed by atoms with Crippen LogP contribution in [0, 0.1) is 25.2 Å². The topological polar surface area (TPSA) is 63.6 Å². The van der Waals surface area contributed by atoms with E-state index in [1.807, 2.05) is 13.0 Å². The van der Waals surface area contributed by atoms with Crippen molar-refractivity contribution in [3.05, 3.63) is 23.0 Å². The van der Waals surface area contributed by atoms with E-state index in [4.69, 9.17) is 4.74 Å². The molecule has 3 aliphatic rings. The van der Waals surface area contributed by atoms with Crippen molar-refractivity contribution in [2.45, 2.75) is 84.2 Å². The molecular formula is C25H39N3O3. The van der Waals surface area contributed by atoms with Crippen molar-refractivity contribution in [1.82, 2.24) is 14.8 Å². The first-order chi connectivity index (χ1) is 14.9. The number of nitrogens with zero attached hydrogens (tertiary/aromatic N) is 2. The van der Waals surface area contributed by atoms with Gasteiger partial charge in [0.25, 0.3) is 5.91 Å².